The number of nitro benzene ring substituents is 1. The lowest BCUT2D eigenvalue weighted by Gasteiger charge is -2.18. The number of nitrogens with one attached hydrogen (secondary N) is 1. The van der Waals surface area contributed by atoms with Gasteiger partial charge in [-0.2, -0.15) is 0 Å². The van der Waals surface area contributed by atoms with Crippen LogP contribution in [0.25, 0.3) is 0 Å². The molecule has 2 N–H and O–H groups in total. The lowest BCUT2D eigenvalue weighted by Crippen LogP contribution is -2.21. The third-order valence-corrected chi connectivity index (χ3v) is 3.51. The van der Waals surface area contributed by atoms with Crippen LogP contribution in [0.2, 0.25) is 0 Å². The van der Waals surface area contributed by atoms with E-state index in [0.717, 1.165) is 5.69 Å². The van der Waals surface area contributed by atoms with Crippen molar-refractivity contribution in [1.82, 2.24) is 0 Å². The second kappa shape index (κ2) is 8.07. The first-order valence-corrected chi connectivity index (χ1v) is 7.45. The molecule has 126 valence electrons. The van der Waals surface area contributed by atoms with Crippen LogP contribution in [0, 0.1) is 10.1 Å². The SMILES string of the molecule is CN(CCO)c1ccc(NC(=O)Cc2cccc([N+](=O)[O-])c2)cc1. The number of aliphatic hydroxyl groups is 1. The van der Waals surface area contributed by atoms with Gasteiger partial charge in [0.15, 0.2) is 0 Å². The maximum Gasteiger partial charge on any atom is 0.269 e. The maximum absolute atomic E-state index is 12.1. The minimum atomic E-state index is -0.483. The van der Waals surface area contributed by atoms with E-state index in [4.69, 9.17) is 5.11 Å². The summed E-state index contributed by atoms with van der Waals surface area (Å²) in [5.41, 5.74) is 2.13. The minimum absolute atomic E-state index is 0.0310. The number of amides is 1. The van der Waals surface area contributed by atoms with Gasteiger partial charge in [0.2, 0.25) is 5.91 Å². The number of benzene rings is 2. The van der Waals surface area contributed by atoms with Crippen molar-refractivity contribution in [3.63, 3.8) is 0 Å². The number of rotatable bonds is 7. The van der Waals surface area contributed by atoms with E-state index < -0.39 is 4.92 Å². The molecule has 0 aromatic heterocycles. The zero-order valence-corrected chi connectivity index (χ0v) is 13.3. The number of hydrogen-bond acceptors (Lipinski definition) is 5. The second-order valence-corrected chi connectivity index (χ2v) is 5.34. The molecule has 0 atom stereocenters. The molecule has 0 aliphatic carbocycles. The normalized spacial score (nSPS) is 10.2. The van der Waals surface area contributed by atoms with Crippen molar-refractivity contribution < 1.29 is 14.8 Å². The predicted octanol–water partition coefficient (Wildman–Crippen LogP) is 2.20. The highest BCUT2D eigenvalue weighted by Gasteiger charge is 2.09. The van der Waals surface area contributed by atoms with Gasteiger partial charge in [0.05, 0.1) is 18.0 Å². The first kappa shape index (κ1) is 17.4. The van der Waals surface area contributed by atoms with E-state index in [1.165, 1.54) is 12.1 Å². The summed E-state index contributed by atoms with van der Waals surface area (Å²) in [6, 6.07) is 13.3. The van der Waals surface area contributed by atoms with Crippen LogP contribution in [0.15, 0.2) is 48.5 Å². The molecule has 0 fully saturated rings. The van der Waals surface area contributed by atoms with E-state index in [-0.39, 0.29) is 24.6 Å². The van der Waals surface area contributed by atoms with Crippen LogP contribution >= 0.6 is 0 Å². The molecule has 0 unspecified atom stereocenters. The Morgan fingerprint density at radius 3 is 2.58 bits per heavy atom. The number of anilines is 2. The summed E-state index contributed by atoms with van der Waals surface area (Å²) in [5, 5.41) is 22.4. The van der Waals surface area contributed by atoms with Crippen LogP contribution in [0.5, 0.6) is 0 Å². The van der Waals surface area contributed by atoms with Crippen LogP contribution in [0.1, 0.15) is 5.56 Å². The molecule has 0 aliphatic heterocycles. The Labute approximate surface area is 139 Å². The number of nitro groups is 1. The Bertz CT molecular complexity index is 716. The molecule has 2 aromatic rings. The zero-order chi connectivity index (χ0) is 17.5. The fourth-order valence-corrected chi connectivity index (χ4v) is 2.25. The summed E-state index contributed by atoms with van der Waals surface area (Å²) < 4.78 is 0. The van der Waals surface area contributed by atoms with E-state index >= 15 is 0 Å². The molecule has 0 heterocycles. The van der Waals surface area contributed by atoms with Crippen LogP contribution in [0.4, 0.5) is 17.1 Å². The van der Waals surface area contributed by atoms with Crippen molar-refractivity contribution in [3.05, 3.63) is 64.2 Å². The molecule has 0 saturated heterocycles. The third kappa shape index (κ3) is 4.79. The van der Waals surface area contributed by atoms with Gasteiger partial charge >= 0.3 is 0 Å². The molecule has 7 heteroatoms. The van der Waals surface area contributed by atoms with E-state index in [1.54, 1.807) is 24.3 Å². The Morgan fingerprint density at radius 1 is 1.25 bits per heavy atom. The summed E-state index contributed by atoms with van der Waals surface area (Å²) in [7, 11) is 1.87. The highest BCUT2D eigenvalue weighted by molar-refractivity contribution is 5.92. The highest BCUT2D eigenvalue weighted by atomic mass is 16.6. The molecule has 0 bridgehead atoms. The summed E-state index contributed by atoms with van der Waals surface area (Å²) in [6.07, 6.45) is 0.0633. The van der Waals surface area contributed by atoms with Gasteiger partial charge in [-0.3, -0.25) is 14.9 Å². The monoisotopic (exact) mass is 329 g/mol. The molecule has 2 rings (SSSR count). The molecule has 0 aliphatic rings. The van der Waals surface area contributed by atoms with Gasteiger partial charge in [0.1, 0.15) is 0 Å². The van der Waals surface area contributed by atoms with Gasteiger partial charge in [0.25, 0.3) is 5.69 Å². The number of nitrogens with zero attached hydrogens (tertiary/aromatic N) is 2. The molecule has 24 heavy (non-hydrogen) atoms. The number of carbonyl (C=O) groups excluding carboxylic acids is 1. The number of aliphatic hydroxyl groups excluding tert-OH is 1. The topological polar surface area (TPSA) is 95.7 Å². The van der Waals surface area contributed by atoms with Crippen molar-refractivity contribution in [3.8, 4) is 0 Å². The molecule has 7 nitrogen and oxygen atoms in total. The van der Waals surface area contributed by atoms with Gasteiger partial charge < -0.3 is 15.3 Å². The van der Waals surface area contributed by atoms with Crippen molar-refractivity contribution in [2.24, 2.45) is 0 Å². The van der Waals surface area contributed by atoms with Gasteiger partial charge in [-0.25, -0.2) is 0 Å². The number of carbonyl (C=O) groups is 1. The fourth-order valence-electron chi connectivity index (χ4n) is 2.25. The third-order valence-electron chi connectivity index (χ3n) is 3.51. The minimum Gasteiger partial charge on any atom is -0.395 e. The van der Waals surface area contributed by atoms with Crippen molar-refractivity contribution in [2.45, 2.75) is 6.42 Å². The summed E-state index contributed by atoms with van der Waals surface area (Å²) >= 11 is 0. The highest BCUT2D eigenvalue weighted by Crippen LogP contribution is 2.18. The van der Waals surface area contributed by atoms with E-state index in [2.05, 4.69) is 5.32 Å². The molecular formula is C17H19N3O4. The number of likely N-dealkylation sites (N-methyl/N-ethyl adjacent to an activating group) is 1. The van der Waals surface area contributed by atoms with Gasteiger partial charge in [-0.1, -0.05) is 12.1 Å². The first-order valence-electron chi connectivity index (χ1n) is 7.45. The molecule has 0 spiro atoms. The molecular weight excluding hydrogens is 310 g/mol. The molecule has 1 amide bonds. The average Bonchev–Trinajstić information content (AvgIpc) is 2.55. The fraction of sp³-hybridized carbons (Fsp3) is 0.235. The molecule has 0 saturated carbocycles. The van der Waals surface area contributed by atoms with Gasteiger partial charge in [0, 0.05) is 37.1 Å². The summed E-state index contributed by atoms with van der Waals surface area (Å²) in [4.78, 5) is 24.2. The summed E-state index contributed by atoms with van der Waals surface area (Å²) in [6.45, 7) is 0.594. The molecule has 2 aromatic carbocycles. The van der Waals surface area contributed by atoms with Crippen LogP contribution in [0.3, 0.4) is 0 Å². The lowest BCUT2D eigenvalue weighted by molar-refractivity contribution is -0.384. The maximum atomic E-state index is 12.1. The standard InChI is InChI=1S/C17H19N3O4/c1-19(9-10-21)15-7-5-14(6-8-15)18-17(22)12-13-3-2-4-16(11-13)20(23)24/h2-8,11,21H,9-10,12H2,1H3,(H,18,22). The van der Waals surface area contributed by atoms with E-state index in [0.29, 0.717) is 17.8 Å². The van der Waals surface area contributed by atoms with Crippen LogP contribution in [-0.2, 0) is 11.2 Å². The predicted molar refractivity (Wildman–Crippen MR) is 92.2 cm³/mol. The van der Waals surface area contributed by atoms with Gasteiger partial charge in [-0.15, -0.1) is 0 Å². The van der Waals surface area contributed by atoms with Crippen molar-refractivity contribution in [2.75, 3.05) is 30.4 Å². The van der Waals surface area contributed by atoms with Crippen molar-refractivity contribution >= 4 is 23.0 Å². The van der Waals surface area contributed by atoms with Gasteiger partial charge in [-0.05, 0) is 29.8 Å². The molecule has 0 radical (unpaired) electrons. The number of non-ortho nitro benzene ring substituents is 1. The van der Waals surface area contributed by atoms with Crippen LogP contribution < -0.4 is 10.2 Å². The number of hydrogen-bond donors (Lipinski definition) is 2. The van der Waals surface area contributed by atoms with Crippen molar-refractivity contribution in [1.29, 1.82) is 0 Å². The average molecular weight is 329 g/mol. The Balaban J connectivity index is 1.97. The zero-order valence-electron chi connectivity index (χ0n) is 13.3. The van der Waals surface area contributed by atoms with Crippen LogP contribution in [-0.4, -0.2) is 36.1 Å². The largest absolute Gasteiger partial charge is 0.395 e. The first-order chi connectivity index (χ1) is 11.5. The van der Waals surface area contributed by atoms with E-state index in [9.17, 15) is 14.9 Å². The second-order valence-electron chi connectivity index (χ2n) is 5.34. The Kier molecular flexibility index (Phi) is 5.86. The van der Waals surface area contributed by atoms with E-state index in [1.807, 2.05) is 24.1 Å². The quantitative estimate of drug-likeness (QED) is 0.600. The lowest BCUT2D eigenvalue weighted by atomic mass is 10.1. The summed E-state index contributed by atoms with van der Waals surface area (Å²) in [5.74, 6) is -0.244. The Morgan fingerprint density at radius 2 is 1.96 bits per heavy atom. The smallest absolute Gasteiger partial charge is 0.269 e. The Hall–Kier alpha value is -2.93.